The molecule has 0 spiro atoms. The Morgan fingerprint density at radius 1 is 1.32 bits per heavy atom. The third-order valence-corrected chi connectivity index (χ3v) is 2.99. The first-order valence-corrected chi connectivity index (χ1v) is 6.32. The van der Waals surface area contributed by atoms with E-state index in [4.69, 9.17) is 19.2 Å². The largest absolute Gasteiger partial charge is 0.497 e. The molecule has 1 aromatic carbocycles. The number of hydrogen-bond acceptors (Lipinski definition) is 7. The van der Waals surface area contributed by atoms with Crippen LogP contribution in [0.2, 0.25) is 0 Å². The molecule has 0 atom stereocenters. The lowest BCUT2D eigenvalue weighted by molar-refractivity contribution is 0.393. The fourth-order valence-electron chi connectivity index (χ4n) is 1.45. The van der Waals surface area contributed by atoms with Gasteiger partial charge in [0.25, 0.3) is 11.1 Å². The van der Waals surface area contributed by atoms with Crippen LogP contribution in [0.4, 0.5) is 0 Å². The number of nitrogens with zero attached hydrogens (tertiary/aromatic N) is 3. The zero-order chi connectivity index (χ0) is 13.7. The van der Waals surface area contributed by atoms with Crippen LogP contribution in [-0.2, 0) is 0 Å². The third-order valence-electron chi connectivity index (χ3n) is 2.31. The quantitative estimate of drug-likeness (QED) is 0.776. The van der Waals surface area contributed by atoms with Crippen LogP contribution in [0.5, 0.6) is 11.5 Å². The second kappa shape index (κ2) is 6.11. The van der Waals surface area contributed by atoms with E-state index in [0.29, 0.717) is 28.2 Å². The van der Waals surface area contributed by atoms with E-state index in [9.17, 15) is 0 Å². The maximum absolute atomic E-state index is 8.50. The molecule has 98 valence electrons. The Hall–Kier alpha value is -2.20. The molecule has 0 amide bonds. The van der Waals surface area contributed by atoms with E-state index in [1.54, 1.807) is 32.4 Å². The molecule has 0 saturated heterocycles. The van der Waals surface area contributed by atoms with Gasteiger partial charge in [-0.05, 0) is 12.1 Å². The molecule has 0 bridgehead atoms. The summed E-state index contributed by atoms with van der Waals surface area (Å²) in [6.45, 7) is 0. The Balaban J connectivity index is 2.30. The number of rotatable bonds is 5. The lowest BCUT2D eigenvalue weighted by atomic mass is 10.2. The summed E-state index contributed by atoms with van der Waals surface area (Å²) in [6.07, 6.45) is 0. The SMILES string of the molecule is COc1ccc(-c2nnc(SCC#N)o2)c(OC)c1. The number of nitriles is 1. The first-order chi connectivity index (χ1) is 9.28. The summed E-state index contributed by atoms with van der Waals surface area (Å²) in [5.74, 6) is 1.88. The fourth-order valence-corrected chi connectivity index (χ4v) is 1.87. The summed E-state index contributed by atoms with van der Waals surface area (Å²) in [4.78, 5) is 0. The minimum absolute atomic E-state index is 0.265. The van der Waals surface area contributed by atoms with Crippen LogP contribution in [0, 0.1) is 11.3 Å². The van der Waals surface area contributed by atoms with E-state index in [2.05, 4.69) is 10.2 Å². The molecule has 0 radical (unpaired) electrons. The maximum atomic E-state index is 8.50. The Morgan fingerprint density at radius 2 is 2.16 bits per heavy atom. The number of aromatic nitrogens is 2. The zero-order valence-electron chi connectivity index (χ0n) is 10.4. The average molecular weight is 277 g/mol. The standard InChI is InChI=1S/C12H11N3O3S/c1-16-8-3-4-9(10(7-8)17-2)11-14-15-12(18-11)19-6-5-13/h3-4,7H,6H2,1-2H3. The van der Waals surface area contributed by atoms with E-state index in [0.717, 1.165) is 0 Å². The molecule has 7 heteroatoms. The number of methoxy groups -OCH3 is 2. The van der Waals surface area contributed by atoms with Crippen LogP contribution in [-0.4, -0.2) is 30.2 Å². The van der Waals surface area contributed by atoms with Gasteiger partial charge in [-0.15, -0.1) is 10.2 Å². The van der Waals surface area contributed by atoms with Crippen molar-refractivity contribution in [1.82, 2.24) is 10.2 Å². The van der Waals surface area contributed by atoms with Crippen molar-refractivity contribution in [2.75, 3.05) is 20.0 Å². The molecule has 0 fully saturated rings. The Kier molecular flexibility index (Phi) is 4.26. The first kappa shape index (κ1) is 13.2. The van der Waals surface area contributed by atoms with Gasteiger partial charge in [0.05, 0.1) is 31.6 Å². The Labute approximate surface area is 114 Å². The van der Waals surface area contributed by atoms with Crippen LogP contribution >= 0.6 is 11.8 Å². The van der Waals surface area contributed by atoms with Gasteiger partial charge >= 0.3 is 0 Å². The van der Waals surface area contributed by atoms with Crippen molar-refractivity contribution in [2.45, 2.75) is 5.22 Å². The van der Waals surface area contributed by atoms with Gasteiger partial charge in [0.1, 0.15) is 11.5 Å². The second-order valence-corrected chi connectivity index (χ2v) is 4.31. The van der Waals surface area contributed by atoms with Gasteiger partial charge in [0, 0.05) is 6.07 Å². The van der Waals surface area contributed by atoms with Crippen LogP contribution in [0.1, 0.15) is 0 Å². The molecule has 0 aliphatic heterocycles. The van der Waals surface area contributed by atoms with Crippen molar-refractivity contribution in [3.63, 3.8) is 0 Å². The molecule has 1 heterocycles. The van der Waals surface area contributed by atoms with Crippen LogP contribution in [0.15, 0.2) is 27.8 Å². The average Bonchev–Trinajstić information content (AvgIpc) is 2.92. The molecule has 6 nitrogen and oxygen atoms in total. The van der Waals surface area contributed by atoms with Gasteiger partial charge in [0.15, 0.2) is 0 Å². The van der Waals surface area contributed by atoms with Crippen molar-refractivity contribution < 1.29 is 13.9 Å². The van der Waals surface area contributed by atoms with Crippen molar-refractivity contribution >= 4 is 11.8 Å². The smallest absolute Gasteiger partial charge is 0.277 e. The monoisotopic (exact) mass is 277 g/mol. The van der Waals surface area contributed by atoms with Gasteiger partial charge in [-0.1, -0.05) is 11.8 Å². The molecule has 2 rings (SSSR count). The summed E-state index contributed by atoms with van der Waals surface area (Å²) in [5, 5.41) is 16.6. The third kappa shape index (κ3) is 2.98. The second-order valence-electron chi connectivity index (χ2n) is 3.39. The fraction of sp³-hybridized carbons (Fsp3) is 0.250. The highest BCUT2D eigenvalue weighted by atomic mass is 32.2. The summed E-state index contributed by atoms with van der Waals surface area (Å²) in [7, 11) is 3.14. The number of thioether (sulfide) groups is 1. The van der Waals surface area contributed by atoms with Gasteiger partial charge < -0.3 is 13.9 Å². The van der Waals surface area contributed by atoms with Crippen molar-refractivity contribution in [1.29, 1.82) is 5.26 Å². The zero-order valence-corrected chi connectivity index (χ0v) is 11.2. The molecular formula is C12H11N3O3S. The van der Waals surface area contributed by atoms with Gasteiger partial charge in [-0.25, -0.2) is 0 Å². The van der Waals surface area contributed by atoms with Gasteiger partial charge in [0.2, 0.25) is 0 Å². The Morgan fingerprint density at radius 3 is 2.84 bits per heavy atom. The van der Waals surface area contributed by atoms with Crippen molar-refractivity contribution in [3.05, 3.63) is 18.2 Å². The Bertz CT molecular complexity index is 607. The lowest BCUT2D eigenvalue weighted by Gasteiger charge is -2.07. The molecule has 0 saturated carbocycles. The van der Waals surface area contributed by atoms with Gasteiger partial charge in [-0.2, -0.15) is 5.26 Å². The van der Waals surface area contributed by atoms with Crippen LogP contribution in [0.3, 0.4) is 0 Å². The highest BCUT2D eigenvalue weighted by Crippen LogP contribution is 2.33. The van der Waals surface area contributed by atoms with Crippen molar-refractivity contribution in [3.8, 4) is 29.0 Å². The molecule has 0 unspecified atom stereocenters. The summed E-state index contributed by atoms with van der Waals surface area (Å²) >= 11 is 1.19. The minimum Gasteiger partial charge on any atom is -0.497 e. The van der Waals surface area contributed by atoms with Crippen LogP contribution in [0.25, 0.3) is 11.5 Å². The van der Waals surface area contributed by atoms with Gasteiger partial charge in [-0.3, -0.25) is 0 Å². The number of hydrogen-bond donors (Lipinski definition) is 0. The highest BCUT2D eigenvalue weighted by molar-refractivity contribution is 7.99. The lowest BCUT2D eigenvalue weighted by Crippen LogP contribution is -1.90. The molecular weight excluding hydrogens is 266 g/mol. The van der Waals surface area contributed by atoms with E-state index in [-0.39, 0.29) is 5.75 Å². The molecule has 19 heavy (non-hydrogen) atoms. The molecule has 0 aliphatic carbocycles. The predicted molar refractivity (Wildman–Crippen MR) is 69.2 cm³/mol. The minimum atomic E-state index is 0.265. The number of benzene rings is 1. The summed E-state index contributed by atoms with van der Waals surface area (Å²) in [5.41, 5.74) is 0.680. The van der Waals surface area contributed by atoms with E-state index >= 15 is 0 Å². The first-order valence-electron chi connectivity index (χ1n) is 5.34. The van der Waals surface area contributed by atoms with E-state index < -0.39 is 0 Å². The normalized spacial score (nSPS) is 9.95. The molecule has 0 aliphatic rings. The molecule has 1 aromatic heterocycles. The van der Waals surface area contributed by atoms with E-state index in [1.807, 2.05) is 6.07 Å². The molecule has 2 aromatic rings. The maximum Gasteiger partial charge on any atom is 0.277 e. The van der Waals surface area contributed by atoms with Crippen LogP contribution < -0.4 is 9.47 Å². The predicted octanol–water partition coefficient (Wildman–Crippen LogP) is 2.37. The van der Waals surface area contributed by atoms with E-state index in [1.165, 1.54) is 11.8 Å². The summed E-state index contributed by atoms with van der Waals surface area (Å²) in [6, 6.07) is 7.30. The topological polar surface area (TPSA) is 81.2 Å². The number of ether oxygens (including phenoxy) is 2. The molecule has 0 N–H and O–H groups in total. The van der Waals surface area contributed by atoms with Crippen molar-refractivity contribution in [2.24, 2.45) is 0 Å². The highest BCUT2D eigenvalue weighted by Gasteiger charge is 2.14. The summed E-state index contributed by atoms with van der Waals surface area (Å²) < 4.78 is 15.8.